The molecule has 0 bridgehead atoms. The predicted molar refractivity (Wildman–Crippen MR) is 86.8 cm³/mol. The first kappa shape index (κ1) is 18.4. The minimum absolute atomic E-state index is 0.0126. The van der Waals surface area contributed by atoms with E-state index in [0.29, 0.717) is 13.0 Å². The number of hydrogen-bond acceptors (Lipinski definition) is 3. The molecule has 2 rings (SSSR count). The maximum atomic E-state index is 11.6. The van der Waals surface area contributed by atoms with E-state index in [2.05, 4.69) is 5.32 Å². The molecule has 6 heteroatoms. The van der Waals surface area contributed by atoms with Crippen LogP contribution < -0.4 is 5.32 Å². The number of nitrogens with one attached hydrogen (secondary N) is 1. The van der Waals surface area contributed by atoms with Crippen molar-refractivity contribution >= 4 is 17.8 Å². The third-order valence-electron chi connectivity index (χ3n) is 3.09. The van der Waals surface area contributed by atoms with Gasteiger partial charge in [0, 0.05) is 19.7 Å². The molecule has 0 spiro atoms. The minimum atomic E-state index is -0.875. The van der Waals surface area contributed by atoms with Gasteiger partial charge in [0.2, 0.25) is 11.8 Å². The van der Waals surface area contributed by atoms with E-state index in [-0.39, 0.29) is 17.9 Å². The van der Waals surface area contributed by atoms with Crippen LogP contribution in [0.3, 0.4) is 0 Å². The maximum Gasteiger partial charge on any atom is 0.328 e. The van der Waals surface area contributed by atoms with Crippen LogP contribution in [0.4, 0.5) is 0 Å². The number of carbonyl (C=O) groups excluding carboxylic acids is 2. The van der Waals surface area contributed by atoms with Gasteiger partial charge in [-0.15, -0.1) is 0 Å². The lowest BCUT2D eigenvalue weighted by atomic mass is 10.1. The van der Waals surface area contributed by atoms with E-state index in [0.717, 1.165) is 11.1 Å². The van der Waals surface area contributed by atoms with E-state index < -0.39 is 5.97 Å². The number of nitrogens with zero attached hydrogens (tertiary/aromatic N) is 1. The number of allylic oxidation sites excluding steroid dienone is 1. The molecule has 0 saturated carbocycles. The van der Waals surface area contributed by atoms with Crippen molar-refractivity contribution in [2.75, 3.05) is 13.6 Å². The van der Waals surface area contributed by atoms with E-state index in [9.17, 15) is 14.4 Å². The maximum absolute atomic E-state index is 11.6. The normalized spacial score (nSPS) is 15.7. The Morgan fingerprint density at radius 1 is 1.30 bits per heavy atom. The van der Waals surface area contributed by atoms with Crippen molar-refractivity contribution in [3.8, 4) is 0 Å². The number of benzene rings is 1. The Balaban J connectivity index is 0.000000322. The van der Waals surface area contributed by atoms with Crippen molar-refractivity contribution in [2.24, 2.45) is 0 Å². The first-order valence-corrected chi connectivity index (χ1v) is 7.25. The van der Waals surface area contributed by atoms with Crippen LogP contribution in [0.1, 0.15) is 19.4 Å². The fraction of sp³-hybridized carbons (Fsp3) is 0.353. The van der Waals surface area contributed by atoms with Crippen LogP contribution in [0.5, 0.6) is 0 Å². The smallest absolute Gasteiger partial charge is 0.328 e. The number of aliphatic carboxylic acids is 1. The van der Waals surface area contributed by atoms with Gasteiger partial charge in [0.15, 0.2) is 0 Å². The summed E-state index contributed by atoms with van der Waals surface area (Å²) in [5, 5.41) is 10.7. The Bertz CT molecular complexity index is 592. The SMILES string of the molecule is CC(C)=CC(=O)O.CN1CC(NC(=O)Cc2ccccc2)C1=O. The molecular formula is C17H22N2O4. The fourth-order valence-electron chi connectivity index (χ4n) is 1.98. The van der Waals surface area contributed by atoms with Crippen molar-refractivity contribution in [3.63, 3.8) is 0 Å². The number of hydrogen-bond donors (Lipinski definition) is 2. The third-order valence-corrected chi connectivity index (χ3v) is 3.09. The predicted octanol–water partition coefficient (Wildman–Crippen LogP) is 1.22. The molecule has 1 aromatic carbocycles. The Morgan fingerprint density at radius 3 is 2.30 bits per heavy atom. The highest BCUT2D eigenvalue weighted by molar-refractivity contribution is 5.92. The largest absolute Gasteiger partial charge is 0.478 e. The number of likely N-dealkylation sites (N-methyl/N-ethyl adjacent to an activating group) is 1. The van der Waals surface area contributed by atoms with Gasteiger partial charge in [-0.25, -0.2) is 4.79 Å². The number of amides is 2. The molecule has 2 N–H and O–H groups in total. The summed E-state index contributed by atoms with van der Waals surface area (Å²) in [4.78, 5) is 34.2. The Labute approximate surface area is 135 Å². The molecular weight excluding hydrogens is 296 g/mol. The molecule has 1 aromatic rings. The highest BCUT2D eigenvalue weighted by Crippen LogP contribution is 2.07. The zero-order valence-electron chi connectivity index (χ0n) is 13.6. The molecule has 1 fully saturated rings. The Hall–Kier alpha value is -2.63. The summed E-state index contributed by atoms with van der Waals surface area (Å²) in [5.74, 6) is -0.987. The van der Waals surface area contributed by atoms with Crippen molar-refractivity contribution in [1.82, 2.24) is 10.2 Å². The van der Waals surface area contributed by atoms with E-state index >= 15 is 0 Å². The second kappa shape index (κ2) is 8.73. The Kier molecular flexibility index (Phi) is 6.99. The molecule has 23 heavy (non-hydrogen) atoms. The summed E-state index contributed by atoms with van der Waals surface area (Å²) in [5.41, 5.74) is 1.77. The summed E-state index contributed by atoms with van der Waals surface area (Å²) in [6.07, 6.45) is 1.49. The van der Waals surface area contributed by atoms with Gasteiger partial charge in [0.1, 0.15) is 6.04 Å². The highest BCUT2D eigenvalue weighted by Gasteiger charge is 2.34. The van der Waals surface area contributed by atoms with Gasteiger partial charge >= 0.3 is 5.97 Å². The molecule has 0 aliphatic carbocycles. The van der Waals surface area contributed by atoms with Gasteiger partial charge in [-0.3, -0.25) is 9.59 Å². The molecule has 0 aromatic heterocycles. The molecule has 2 amide bonds. The van der Waals surface area contributed by atoms with Crippen LogP contribution in [0.15, 0.2) is 42.0 Å². The number of carboxylic acid groups (broad SMARTS) is 1. The van der Waals surface area contributed by atoms with Crippen molar-refractivity contribution in [3.05, 3.63) is 47.5 Å². The van der Waals surface area contributed by atoms with Crippen molar-refractivity contribution < 1.29 is 19.5 Å². The van der Waals surface area contributed by atoms with E-state index in [1.54, 1.807) is 25.8 Å². The molecule has 6 nitrogen and oxygen atoms in total. The molecule has 1 atom stereocenters. The average molecular weight is 318 g/mol. The first-order chi connectivity index (χ1) is 10.8. The van der Waals surface area contributed by atoms with E-state index in [1.807, 2.05) is 30.3 Å². The number of β-lactam (4-membered cyclic amide) rings is 1. The van der Waals surface area contributed by atoms with Crippen LogP contribution in [-0.4, -0.2) is 47.4 Å². The molecule has 0 radical (unpaired) electrons. The lowest BCUT2D eigenvalue weighted by Gasteiger charge is -2.35. The number of rotatable bonds is 4. The van der Waals surface area contributed by atoms with Gasteiger partial charge in [0.05, 0.1) is 6.42 Å². The van der Waals surface area contributed by atoms with Crippen LogP contribution in [0.25, 0.3) is 0 Å². The van der Waals surface area contributed by atoms with Crippen LogP contribution >= 0.6 is 0 Å². The van der Waals surface area contributed by atoms with Gasteiger partial charge in [-0.05, 0) is 19.4 Å². The van der Waals surface area contributed by atoms with Crippen LogP contribution in [0.2, 0.25) is 0 Å². The minimum Gasteiger partial charge on any atom is -0.478 e. The van der Waals surface area contributed by atoms with Crippen LogP contribution in [0, 0.1) is 0 Å². The summed E-state index contributed by atoms with van der Waals surface area (Å²) in [6, 6.07) is 9.17. The number of likely N-dealkylation sites (tertiary alicyclic amines) is 1. The average Bonchev–Trinajstić information content (AvgIpc) is 2.47. The van der Waals surface area contributed by atoms with Gasteiger partial charge < -0.3 is 15.3 Å². The zero-order chi connectivity index (χ0) is 17.4. The molecule has 1 aliphatic rings. The van der Waals surface area contributed by atoms with Gasteiger partial charge in [-0.2, -0.15) is 0 Å². The zero-order valence-corrected chi connectivity index (χ0v) is 13.6. The molecule has 1 aliphatic heterocycles. The Morgan fingerprint density at radius 2 is 1.91 bits per heavy atom. The summed E-state index contributed by atoms with van der Waals surface area (Å²) in [6.45, 7) is 4.10. The molecule has 1 heterocycles. The monoisotopic (exact) mass is 318 g/mol. The van der Waals surface area contributed by atoms with Crippen molar-refractivity contribution in [2.45, 2.75) is 26.3 Å². The number of carbonyl (C=O) groups is 3. The number of carboxylic acids is 1. The quantitative estimate of drug-likeness (QED) is 0.645. The second-order valence-electron chi connectivity index (χ2n) is 5.56. The lowest BCUT2D eigenvalue weighted by Crippen LogP contribution is -2.62. The third kappa shape index (κ3) is 6.78. The lowest BCUT2D eigenvalue weighted by molar-refractivity contribution is -0.144. The highest BCUT2D eigenvalue weighted by atomic mass is 16.4. The van der Waals surface area contributed by atoms with Gasteiger partial charge in [0.25, 0.3) is 0 Å². The molecule has 1 saturated heterocycles. The molecule has 1 unspecified atom stereocenters. The topological polar surface area (TPSA) is 86.7 Å². The van der Waals surface area contributed by atoms with E-state index in [4.69, 9.17) is 5.11 Å². The summed E-state index contributed by atoms with van der Waals surface area (Å²) in [7, 11) is 1.72. The van der Waals surface area contributed by atoms with E-state index in [1.165, 1.54) is 6.08 Å². The van der Waals surface area contributed by atoms with Gasteiger partial charge in [-0.1, -0.05) is 35.9 Å². The first-order valence-electron chi connectivity index (χ1n) is 7.25. The molecule has 124 valence electrons. The van der Waals surface area contributed by atoms with Crippen LogP contribution in [-0.2, 0) is 20.8 Å². The summed E-state index contributed by atoms with van der Waals surface area (Å²) < 4.78 is 0. The van der Waals surface area contributed by atoms with Crippen molar-refractivity contribution in [1.29, 1.82) is 0 Å². The standard InChI is InChI=1S/C12H14N2O2.C5H8O2/c1-14-8-10(12(14)16)13-11(15)7-9-5-3-2-4-6-9;1-4(2)3-5(6)7/h2-6,10H,7-8H2,1H3,(H,13,15);3H,1-2H3,(H,6,7). The summed E-state index contributed by atoms with van der Waals surface area (Å²) >= 11 is 0. The second-order valence-corrected chi connectivity index (χ2v) is 5.56. The fourth-order valence-corrected chi connectivity index (χ4v) is 1.98.